The summed E-state index contributed by atoms with van der Waals surface area (Å²) in [6.45, 7) is 10.8. The van der Waals surface area contributed by atoms with E-state index in [1.54, 1.807) is 13.0 Å². The van der Waals surface area contributed by atoms with Gasteiger partial charge in [-0.05, 0) is 47.0 Å². The van der Waals surface area contributed by atoms with Crippen molar-refractivity contribution in [3.63, 3.8) is 0 Å². The Bertz CT molecular complexity index is 615. The summed E-state index contributed by atoms with van der Waals surface area (Å²) < 4.78 is 10.3. The van der Waals surface area contributed by atoms with Crippen LogP contribution in [-0.2, 0) is 9.53 Å². The lowest BCUT2D eigenvalue weighted by atomic mass is 10.0. The number of nitrogens with one attached hydrogen (secondary N) is 2. The van der Waals surface area contributed by atoms with Crippen LogP contribution in [0.25, 0.3) is 0 Å². The molecule has 0 saturated carbocycles. The fourth-order valence-electron chi connectivity index (χ4n) is 3.07. The molecule has 26 heavy (non-hydrogen) atoms. The van der Waals surface area contributed by atoms with E-state index < -0.39 is 5.60 Å². The van der Waals surface area contributed by atoms with Crippen LogP contribution in [0.3, 0.4) is 0 Å². The largest absolute Gasteiger partial charge is 0.444 e. The molecule has 2 heterocycles. The Morgan fingerprint density at radius 1 is 1.38 bits per heavy atom. The van der Waals surface area contributed by atoms with E-state index in [-0.39, 0.29) is 24.1 Å². The van der Waals surface area contributed by atoms with Crippen LogP contribution in [0.2, 0.25) is 0 Å². The number of amides is 2. The summed E-state index contributed by atoms with van der Waals surface area (Å²) in [6, 6.07) is 1.54. The zero-order chi connectivity index (χ0) is 19.3. The summed E-state index contributed by atoms with van der Waals surface area (Å²) in [5.41, 5.74) is -0.504. The summed E-state index contributed by atoms with van der Waals surface area (Å²) in [5.74, 6) is 1.01. The lowest BCUT2D eigenvalue weighted by molar-refractivity contribution is -0.122. The van der Waals surface area contributed by atoms with Crippen LogP contribution in [0, 0.1) is 6.92 Å². The molecular weight excluding hydrogens is 336 g/mol. The molecule has 1 atom stereocenters. The second-order valence-corrected chi connectivity index (χ2v) is 7.69. The van der Waals surface area contributed by atoms with E-state index in [0.29, 0.717) is 18.0 Å². The first-order valence-corrected chi connectivity index (χ1v) is 9.15. The van der Waals surface area contributed by atoms with E-state index >= 15 is 0 Å². The number of aromatic nitrogens is 1. The molecule has 0 aliphatic carbocycles. The van der Waals surface area contributed by atoms with Crippen molar-refractivity contribution in [1.82, 2.24) is 15.4 Å². The molecule has 0 bridgehead atoms. The number of anilines is 1. The molecule has 1 aromatic rings. The molecule has 2 N–H and O–H groups in total. The molecule has 2 amide bonds. The van der Waals surface area contributed by atoms with Crippen LogP contribution >= 0.6 is 0 Å². The number of ether oxygens (including phenoxy) is 1. The van der Waals surface area contributed by atoms with Crippen LogP contribution in [0.1, 0.15) is 52.7 Å². The number of likely N-dealkylation sites (tertiary alicyclic amines) is 1. The molecule has 1 fully saturated rings. The normalized spacial score (nSPS) is 17.6. The lowest BCUT2D eigenvalue weighted by Gasteiger charge is -2.36. The maximum Gasteiger partial charge on any atom is 0.407 e. The summed E-state index contributed by atoms with van der Waals surface area (Å²) in [5, 5.41) is 9.52. The van der Waals surface area contributed by atoms with E-state index in [1.807, 2.05) is 27.7 Å². The minimum atomic E-state index is -0.504. The Hall–Kier alpha value is -2.09. The second-order valence-electron chi connectivity index (χ2n) is 7.69. The van der Waals surface area contributed by atoms with Gasteiger partial charge in [0.15, 0.2) is 5.82 Å². The molecule has 8 nitrogen and oxygen atoms in total. The van der Waals surface area contributed by atoms with Crippen molar-refractivity contribution in [2.24, 2.45) is 0 Å². The fourth-order valence-corrected chi connectivity index (χ4v) is 3.07. The van der Waals surface area contributed by atoms with Gasteiger partial charge >= 0.3 is 6.09 Å². The Balaban J connectivity index is 1.82. The Morgan fingerprint density at radius 3 is 2.54 bits per heavy atom. The third-order valence-electron chi connectivity index (χ3n) is 4.26. The molecule has 0 radical (unpaired) electrons. The van der Waals surface area contributed by atoms with E-state index in [2.05, 4.69) is 20.7 Å². The zero-order valence-corrected chi connectivity index (χ0v) is 16.3. The molecule has 1 unspecified atom stereocenters. The van der Waals surface area contributed by atoms with Crippen molar-refractivity contribution in [2.75, 3.05) is 18.4 Å². The standard InChI is InChI=1S/C18H30N4O4/c1-6-14(16(23)20-15-11-12(2)26-21-15)22-9-7-13(8-10-22)19-17(24)25-18(3,4)5/h11,13-14H,6-10H2,1-5H3,(H,19,24)(H,20,21,23). The van der Waals surface area contributed by atoms with Crippen molar-refractivity contribution < 1.29 is 18.8 Å². The Kier molecular flexibility index (Phi) is 6.63. The average molecular weight is 366 g/mol. The van der Waals surface area contributed by atoms with Gasteiger partial charge in [-0.2, -0.15) is 0 Å². The number of alkyl carbamates (subject to hydrolysis) is 1. The fraction of sp³-hybridized carbons (Fsp3) is 0.722. The number of carbonyl (C=O) groups excluding carboxylic acids is 2. The number of aryl methyl sites for hydroxylation is 1. The first-order valence-electron chi connectivity index (χ1n) is 9.15. The maximum absolute atomic E-state index is 12.5. The highest BCUT2D eigenvalue weighted by Crippen LogP contribution is 2.18. The minimum absolute atomic E-state index is 0.0693. The van der Waals surface area contributed by atoms with E-state index in [9.17, 15) is 9.59 Å². The van der Waals surface area contributed by atoms with Gasteiger partial charge in [-0.3, -0.25) is 9.69 Å². The molecule has 1 saturated heterocycles. The van der Waals surface area contributed by atoms with Crippen molar-refractivity contribution in [3.05, 3.63) is 11.8 Å². The quantitative estimate of drug-likeness (QED) is 0.832. The van der Waals surface area contributed by atoms with Crippen LogP contribution in [0.4, 0.5) is 10.6 Å². The van der Waals surface area contributed by atoms with Gasteiger partial charge in [0.2, 0.25) is 5.91 Å². The highest BCUT2D eigenvalue weighted by atomic mass is 16.6. The van der Waals surface area contributed by atoms with Gasteiger partial charge in [-0.15, -0.1) is 0 Å². The van der Waals surface area contributed by atoms with Gasteiger partial charge < -0.3 is 19.9 Å². The van der Waals surface area contributed by atoms with Gasteiger partial charge in [0.25, 0.3) is 0 Å². The third-order valence-corrected chi connectivity index (χ3v) is 4.26. The van der Waals surface area contributed by atoms with Gasteiger partial charge in [0.1, 0.15) is 11.4 Å². The third kappa shape index (κ3) is 6.01. The number of rotatable bonds is 5. The average Bonchev–Trinajstić information content (AvgIpc) is 2.92. The molecule has 1 aliphatic rings. The number of nitrogens with zero attached hydrogens (tertiary/aromatic N) is 2. The predicted molar refractivity (Wildman–Crippen MR) is 97.9 cm³/mol. The van der Waals surface area contributed by atoms with Crippen molar-refractivity contribution in [2.45, 2.75) is 71.6 Å². The van der Waals surface area contributed by atoms with Gasteiger partial charge in [-0.1, -0.05) is 12.1 Å². The summed E-state index contributed by atoms with van der Waals surface area (Å²) in [7, 11) is 0. The molecule has 8 heteroatoms. The summed E-state index contributed by atoms with van der Waals surface area (Å²) in [4.78, 5) is 26.6. The number of hydrogen-bond acceptors (Lipinski definition) is 6. The van der Waals surface area contributed by atoms with E-state index in [0.717, 1.165) is 25.9 Å². The van der Waals surface area contributed by atoms with Crippen LogP contribution in [-0.4, -0.2) is 52.8 Å². The molecule has 1 aromatic heterocycles. The first kappa shape index (κ1) is 20.2. The lowest BCUT2D eigenvalue weighted by Crippen LogP contribution is -2.51. The van der Waals surface area contributed by atoms with E-state index in [4.69, 9.17) is 9.26 Å². The molecule has 0 aromatic carbocycles. The highest BCUT2D eigenvalue weighted by Gasteiger charge is 2.30. The SMILES string of the molecule is CCC(C(=O)Nc1cc(C)on1)N1CCC(NC(=O)OC(C)(C)C)CC1. The van der Waals surface area contributed by atoms with Crippen LogP contribution in [0.5, 0.6) is 0 Å². The first-order chi connectivity index (χ1) is 12.2. The minimum Gasteiger partial charge on any atom is -0.444 e. The smallest absolute Gasteiger partial charge is 0.407 e. The molecule has 2 rings (SSSR count). The summed E-state index contributed by atoms with van der Waals surface area (Å²) >= 11 is 0. The zero-order valence-electron chi connectivity index (χ0n) is 16.3. The number of carbonyl (C=O) groups is 2. The van der Waals surface area contributed by atoms with Gasteiger partial charge in [0, 0.05) is 25.2 Å². The summed E-state index contributed by atoms with van der Waals surface area (Å²) in [6.07, 6.45) is 1.88. The monoisotopic (exact) mass is 366 g/mol. The molecule has 1 aliphatic heterocycles. The predicted octanol–water partition coefficient (Wildman–Crippen LogP) is 2.69. The topological polar surface area (TPSA) is 96.7 Å². The maximum atomic E-state index is 12.5. The highest BCUT2D eigenvalue weighted by molar-refractivity contribution is 5.94. The van der Waals surface area contributed by atoms with Crippen LogP contribution < -0.4 is 10.6 Å². The van der Waals surface area contributed by atoms with Crippen molar-refractivity contribution in [1.29, 1.82) is 0 Å². The van der Waals surface area contributed by atoms with Crippen molar-refractivity contribution >= 4 is 17.8 Å². The molecule has 146 valence electrons. The van der Waals surface area contributed by atoms with Gasteiger partial charge in [0.05, 0.1) is 6.04 Å². The van der Waals surface area contributed by atoms with Gasteiger partial charge in [-0.25, -0.2) is 4.79 Å². The van der Waals surface area contributed by atoms with Crippen molar-refractivity contribution in [3.8, 4) is 0 Å². The number of piperidine rings is 1. The molecule has 0 spiro atoms. The van der Waals surface area contributed by atoms with Crippen LogP contribution in [0.15, 0.2) is 10.6 Å². The van der Waals surface area contributed by atoms with E-state index in [1.165, 1.54) is 0 Å². The second kappa shape index (κ2) is 8.53. The number of hydrogen-bond donors (Lipinski definition) is 2. The molecular formula is C18H30N4O4. The Labute approximate surface area is 154 Å². The Morgan fingerprint density at radius 2 is 2.04 bits per heavy atom.